The second-order valence-corrected chi connectivity index (χ2v) is 8.26. The lowest BCUT2D eigenvalue weighted by Crippen LogP contribution is -2.53. The molecule has 1 aromatic heterocycles. The summed E-state index contributed by atoms with van der Waals surface area (Å²) in [5, 5.41) is 9.87. The summed E-state index contributed by atoms with van der Waals surface area (Å²) < 4.78 is 10.6. The van der Waals surface area contributed by atoms with Crippen molar-refractivity contribution in [3.05, 3.63) is 48.0 Å². The molecule has 0 aromatic carbocycles. The molecule has 0 bridgehead atoms. The van der Waals surface area contributed by atoms with E-state index in [0.717, 1.165) is 24.8 Å². The van der Waals surface area contributed by atoms with Gasteiger partial charge in [-0.1, -0.05) is 32.1 Å². The number of furan rings is 1. The summed E-state index contributed by atoms with van der Waals surface area (Å²) in [7, 11) is 0. The van der Waals surface area contributed by atoms with Crippen molar-refractivity contribution < 1.29 is 23.8 Å². The molecule has 1 N–H and O–H groups in total. The second-order valence-electron chi connectivity index (χ2n) is 8.26. The van der Waals surface area contributed by atoms with Crippen molar-refractivity contribution in [1.82, 2.24) is 0 Å². The lowest BCUT2D eigenvalue weighted by Gasteiger charge is -2.56. The van der Waals surface area contributed by atoms with E-state index >= 15 is 0 Å². The SMILES string of the molecule is CC(=O)OCC12CCC(C)C(C)(CCc3ccoc3)C1C=CC=C2C(=O)O. The molecule has 4 atom stereocenters. The predicted octanol–water partition coefficient (Wildman–Crippen LogP) is 4.39. The Kier molecular flexibility index (Phi) is 5.31. The van der Waals surface area contributed by atoms with E-state index in [9.17, 15) is 14.7 Å². The van der Waals surface area contributed by atoms with E-state index in [2.05, 4.69) is 19.9 Å². The summed E-state index contributed by atoms with van der Waals surface area (Å²) in [4.78, 5) is 23.6. The molecule has 1 fully saturated rings. The number of esters is 1. The smallest absolute Gasteiger partial charge is 0.332 e. The van der Waals surface area contributed by atoms with Crippen LogP contribution in [0.25, 0.3) is 0 Å². The van der Waals surface area contributed by atoms with Crippen LogP contribution in [-0.4, -0.2) is 23.7 Å². The summed E-state index contributed by atoms with van der Waals surface area (Å²) >= 11 is 0. The number of aryl methyl sites for hydroxylation is 1. The highest BCUT2D eigenvalue weighted by Crippen LogP contribution is 2.60. The van der Waals surface area contributed by atoms with Crippen LogP contribution in [0.15, 0.2) is 46.8 Å². The summed E-state index contributed by atoms with van der Waals surface area (Å²) in [6.45, 7) is 5.98. The van der Waals surface area contributed by atoms with Crippen LogP contribution in [0, 0.1) is 22.7 Å². The maximum atomic E-state index is 12.0. The van der Waals surface area contributed by atoms with E-state index in [1.807, 2.05) is 12.1 Å². The molecule has 146 valence electrons. The fraction of sp³-hybridized carbons (Fsp3) is 0.545. The van der Waals surface area contributed by atoms with Crippen LogP contribution in [0.5, 0.6) is 0 Å². The average Bonchev–Trinajstić information content (AvgIpc) is 3.15. The summed E-state index contributed by atoms with van der Waals surface area (Å²) in [5.74, 6) is -0.877. The fourth-order valence-corrected chi connectivity index (χ4v) is 5.04. The molecule has 1 aromatic rings. The van der Waals surface area contributed by atoms with E-state index in [0.29, 0.717) is 17.9 Å². The molecule has 1 saturated carbocycles. The highest BCUT2D eigenvalue weighted by atomic mass is 16.5. The topological polar surface area (TPSA) is 76.7 Å². The maximum Gasteiger partial charge on any atom is 0.332 e. The van der Waals surface area contributed by atoms with Crippen molar-refractivity contribution in [2.24, 2.45) is 22.7 Å². The van der Waals surface area contributed by atoms with E-state index in [4.69, 9.17) is 9.15 Å². The number of ether oxygens (including phenoxy) is 1. The Balaban J connectivity index is 1.97. The van der Waals surface area contributed by atoms with Gasteiger partial charge in [-0.2, -0.15) is 0 Å². The molecule has 4 unspecified atom stereocenters. The van der Waals surface area contributed by atoms with Crippen LogP contribution in [-0.2, 0) is 20.7 Å². The Hall–Kier alpha value is -2.30. The Labute approximate surface area is 160 Å². The maximum absolute atomic E-state index is 12.0. The fourth-order valence-electron chi connectivity index (χ4n) is 5.04. The minimum absolute atomic E-state index is 0.00361. The zero-order valence-corrected chi connectivity index (χ0v) is 16.2. The van der Waals surface area contributed by atoms with Crippen molar-refractivity contribution >= 4 is 11.9 Å². The van der Waals surface area contributed by atoms with Crippen LogP contribution in [0.1, 0.15) is 45.6 Å². The number of hydrogen-bond donors (Lipinski definition) is 1. The average molecular weight is 372 g/mol. The van der Waals surface area contributed by atoms with Gasteiger partial charge in [0, 0.05) is 17.9 Å². The minimum Gasteiger partial charge on any atom is -0.478 e. The van der Waals surface area contributed by atoms with Gasteiger partial charge in [0.15, 0.2) is 0 Å². The first-order chi connectivity index (χ1) is 12.8. The van der Waals surface area contributed by atoms with Crippen molar-refractivity contribution in [2.45, 2.75) is 46.5 Å². The summed E-state index contributed by atoms with van der Waals surface area (Å²) in [6.07, 6.45) is 12.5. The van der Waals surface area contributed by atoms with Crippen molar-refractivity contribution in [3.8, 4) is 0 Å². The first-order valence-corrected chi connectivity index (χ1v) is 9.56. The monoisotopic (exact) mass is 372 g/mol. The lowest BCUT2D eigenvalue weighted by molar-refractivity contribution is -0.152. The third kappa shape index (κ3) is 3.47. The van der Waals surface area contributed by atoms with Gasteiger partial charge in [0.1, 0.15) is 6.61 Å². The molecule has 5 nitrogen and oxygen atoms in total. The number of fused-ring (bicyclic) bond motifs is 1. The quantitative estimate of drug-likeness (QED) is 0.749. The molecular formula is C22H28O5. The molecule has 1 heterocycles. The summed E-state index contributed by atoms with van der Waals surface area (Å²) in [6, 6.07) is 1.97. The Morgan fingerprint density at radius 1 is 1.41 bits per heavy atom. The number of carbonyl (C=O) groups is 2. The van der Waals surface area contributed by atoms with Gasteiger partial charge in [-0.3, -0.25) is 4.79 Å². The first kappa shape index (κ1) is 19.5. The number of aliphatic carboxylic acids is 1. The molecule has 0 saturated heterocycles. The number of rotatable bonds is 6. The standard InChI is InChI=1S/C22H28O5/c1-15-7-11-22(14-27-16(2)23)18(20(24)25)5-4-6-19(22)21(15,3)10-8-17-9-12-26-13-17/h4-6,9,12-13,15,19H,7-8,10-11,14H2,1-3H3,(H,24,25). The van der Waals surface area contributed by atoms with Gasteiger partial charge < -0.3 is 14.3 Å². The van der Waals surface area contributed by atoms with Crippen LogP contribution in [0.2, 0.25) is 0 Å². The van der Waals surface area contributed by atoms with Gasteiger partial charge in [0.25, 0.3) is 0 Å². The molecule has 0 aliphatic heterocycles. The third-order valence-electron chi connectivity index (χ3n) is 6.85. The molecule has 0 amide bonds. The van der Waals surface area contributed by atoms with Gasteiger partial charge >= 0.3 is 11.9 Å². The van der Waals surface area contributed by atoms with E-state index < -0.39 is 11.4 Å². The van der Waals surface area contributed by atoms with Gasteiger partial charge in [0.2, 0.25) is 0 Å². The lowest BCUT2D eigenvalue weighted by atomic mass is 9.47. The molecule has 0 spiro atoms. The molecular weight excluding hydrogens is 344 g/mol. The number of carboxylic acid groups (broad SMARTS) is 1. The molecule has 5 heteroatoms. The molecule has 2 aliphatic carbocycles. The van der Waals surface area contributed by atoms with E-state index in [-0.39, 0.29) is 23.9 Å². The Bertz CT molecular complexity index is 760. The molecule has 0 radical (unpaired) electrons. The normalized spacial score (nSPS) is 32.5. The van der Waals surface area contributed by atoms with Gasteiger partial charge in [-0.05, 0) is 54.6 Å². The van der Waals surface area contributed by atoms with E-state index in [1.54, 1.807) is 18.6 Å². The Morgan fingerprint density at radius 2 is 2.19 bits per heavy atom. The highest BCUT2D eigenvalue weighted by Gasteiger charge is 2.57. The summed E-state index contributed by atoms with van der Waals surface area (Å²) in [5.41, 5.74) is 0.719. The third-order valence-corrected chi connectivity index (χ3v) is 6.85. The van der Waals surface area contributed by atoms with Crippen molar-refractivity contribution in [3.63, 3.8) is 0 Å². The number of allylic oxidation sites excluding steroid dienone is 3. The van der Waals surface area contributed by atoms with Crippen LogP contribution < -0.4 is 0 Å². The zero-order valence-electron chi connectivity index (χ0n) is 16.2. The largest absolute Gasteiger partial charge is 0.478 e. The van der Waals surface area contributed by atoms with Gasteiger partial charge in [-0.15, -0.1) is 0 Å². The van der Waals surface area contributed by atoms with Crippen molar-refractivity contribution in [2.75, 3.05) is 6.61 Å². The van der Waals surface area contributed by atoms with Crippen molar-refractivity contribution in [1.29, 1.82) is 0 Å². The highest BCUT2D eigenvalue weighted by molar-refractivity contribution is 5.89. The molecule has 3 rings (SSSR count). The van der Waals surface area contributed by atoms with Gasteiger partial charge in [-0.25, -0.2) is 4.79 Å². The number of carbonyl (C=O) groups excluding carboxylic acids is 1. The number of hydrogen-bond acceptors (Lipinski definition) is 4. The second kappa shape index (κ2) is 7.37. The van der Waals surface area contributed by atoms with Crippen LogP contribution >= 0.6 is 0 Å². The predicted molar refractivity (Wildman–Crippen MR) is 101 cm³/mol. The first-order valence-electron chi connectivity index (χ1n) is 9.56. The molecule has 27 heavy (non-hydrogen) atoms. The van der Waals surface area contributed by atoms with E-state index in [1.165, 1.54) is 6.92 Å². The number of carboxylic acids is 1. The van der Waals surface area contributed by atoms with Gasteiger partial charge in [0.05, 0.1) is 12.5 Å². The minimum atomic E-state index is -0.928. The zero-order chi connectivity index (χ0) is 19.7. The Morgan fingerprint density at radius 3 is 2.81 bits per heavy atom. The molecule has 2 aliphatic rings. The van der Waals surface area contributed by atoms with Crippen LogP contribution in [0.4, 0.5) is 0 Å². The van der Waals surface area contributed by atoms with Crippen LogP contribution in [0.3, 0.4) is 0 Å².